The van der Waals surface area contributed by atoms with Gasteiger partial charge in [0.2, 0.25) is 5.91 Å². The Balaban J connectivity index is 2.47. The van der Waals surface area contributed by atoms with Gasteiger partial charge < -0.3 is 9.47 Å². The highest BCUT2D eigenvalue weighted by Gasteiger charge is 2.25. The van der Waals surface area contributed by atoms with Gasteiger partial charge in [0.15, 0.2) is 0 Å². The van der Waals surface area contributed by atoms with Gasteiger partial charge in [-0.15, -0.1) is 0 Å². The second-order valence-electron chi connectivity index (χ2n) is 5.28. The van der Waals surface area contributed by atoms with E-state index in [1.165, 1.54) is 4.90 Å². The molecule has 136 valence electrons. The third kappa shape index (κ3) is 4.69. The van der Waals surface area contributed by atoms with Crippen LogP contribution in [0.5, 0.6) is 0 Å². The number of para-hydroxylation sites is 2. The van der Waals surface area contributed by atoms with E-state index >= 15 is 0 Å². The summed E-state index contributed by atoms with van der Waals surface area (Å²) in [6, 6.07) is 15.4. The normalized spacial score (nSPS) is 10.1. The molecule has 26 heavy (non-hydrogen) atoms. The molecule has 0 spiro atoms. The van der Waals surface area contributed by atoms with E-state index < -0.39 is 24.3 Å². The number of ether oxygens (including phenoxy) is 2. The van der Waals surface area contributed by atoms with E-state index in [-0.39, 0.29) is 18.8 Å². The fourth-order valence-corrected chi connectivity index (χ4v) is 2.46. The predicted molar refractivity (Wildman–Crippen MR) is 97.2 cm³/mol. The van der Waals surface area contributed by atoms with Gasteiger partial charge in [-0.05, 0) is 38.1 Å². The average molecular weight is 355 g/mol. The molecule has 0 saturated heterocycles. The van der Waals surface area contributed by atoms with Crippen LogP contribution < -0.4 is 4.90 Å². The SMILES string of the molecule is CCOC(=O)CC(=O)N(c1ccccc1)c1ccccc1C(=O)OCC. The Morgan fingerprint density at radius 3 is 2.12 bits per heavy atom. The van der Waals surface area contributed by atoms with Crippen molar-refractivity contribution < 1.29 is 23.9 Å². The Bertz CT molecular complexity index is 773. The van der Waals surface area contributed by atoms with Gasteiger partial charge in [-0.25, -0.2) is 4.79 Å². The lowest BCUT2D eigenvalue weighted by molar-refractivity contribution is -0.145. The maximum atomic E-state index is 12.8. The van der Waals surface area contributed by atoms with Crippen LogP contribution in [0, 0.1) is 0 Å². The van der Waals surface area contributed by atoms with Crippen molar-refractivity contribution in [2.75, 3.05) is 18.1 Å². The Labute approximate surface area is 152 Å². The predicted octanol–water partition coefficient (Wildman–Crippen LogP) is 3.48. The Kier molecular flexibility index (Phi) is 6.91. The number of esters is 2. The molecule has 0 radical (unpaired) electrons. The number of hydrogen-bond donors (Lipinski definition) is 0. The summed E-state index contributed by atoms with van der Waals surface area (Å²) in [6.45, 7) is 3.79. The van der Waals surface area contributed by atoms with Gasteiger partial charge in [0.25, 0.3) is 0 Å². The number of nitrogens with zero attached hydrogens (tertiary/aromatic N) is 1. The van der Waals surface area contributed by atoms with E-state index in [4.69, 9.17) is 9.47 Å². The van der Waals surface area contributed by atoms with Gasteiger partial charge in [0.05, 0.1) is 24.5 Å². The quantitative estimate of drug-likeness (QED) is 0.562. The van der Waals surface area contributed by atoms with Crippen LogP contribution in [0.3, 0.4) is 0 Å². The molecule has 0 aliphatic heterocycles. The molecule has 0 bridgehead atoms. The van der Waals surface area contributed by atoms with Crippen molar-refractivity contribution in [2.24, 2.45) is 0 Å². The number of carbonyl (C=O) groups is 3. The van der Waals surface area contributed by atoms with Crippen LogP contribution in [-0.2, 0) is 19.1 Å². The highest BCUT2D eigenvalue weighted by molar-refractivity contribution is 6.11. The second kappa shape index (κ2) is 9.36. The number of anilines is 2. The van der Waals surface area contributed by atoms with Gasteiger partial charge in [-0.2, -0.15) is 0 Å². The lowest BCUT2D eigenvalue weighted by atomic mass is 10.1. The molecule has 0 heterocycles. The van der Waals surface area contributed by atoms with Crippen molar-refractivity contribution in [3.8, 4) is 0 Å². The van der Waals surface area contributed by atoms with Gasteiger partial charge in [0.1, 0.15) is 6.42 Å². The second-order valence-corrected chi connectivity index (χ2v) is 5.28. The Morgan fingerprint density at radius 2 is 1.46 bits per heavy atom. The largest absolute Gasteiger partial charge is 0.466 e. The minimum Gasteiger partial charge on any atom is -0.466 e. The minimum absolute atomic E-state index is 0.191. The fourth-order valence-electron chi connectivity index (χ4n) is 2.46. The Morgan fingerprint density at radius 1 is 0.846 bits per heavy atom. The number of hydrogen-bond acceptors (Lipinski definition) is 5. The molecule has 0 aromatic heterocycles. The zero-order valence-corrected chi connectivity index (χ0v) is 14.8. The van der Waals surface area contributed by atoms with Crippen LogP contribution in [0.1, 0.15) is 30.6 Å². The summed E-state index contributed by atoms with van der Waals surface area (Å²) in [6.07, 6.45) is -0.431. The number of amides is 1. The van der Waals surface area contributed by atoms with Crippen LogP contribution in [0.25, 0.3) is 0 Å². The molecule has 0 atom stereocenters. The van der Waals surface area contributed by atoms with Crippen molar-refractivity contribution in [2.45, 2.75) is 20.3 Å². The molecule has 0 fully saturated rings. The average Bonchev–Trinajstić information content (AvgIpc) is 2.63. The molecule has 0 N–H and O–H groups in total. The van der Waals surface area contributed by atoms with Crippen LogP contribution >= 0.6 is 0 Å². The molecule has 0 aliphatic rings. The smallest absolute Gasteiger partial charge is 0.340 e. The number of benzene rings is 2. The number of carbonyl (C=O) groups excluding carboxylic acids is 3. The molecule has 0 saturated carbocycles. The maximum absolute atomic E-state index is 12.8. The molecule has 1 amide bonds. The lowest BCUT2D eigenvalue weighted by Gasteiger charge is -2.24. The first-order valence-corrected chi connectivity index (χ1v) is 8.38. The summed E-state index contributed by atoms with van der Waals surface area (Å²) >= 11 is 0. The summed E-state index contributed by atoms with van der Waals surface area (Å²) in [4.78, 5) is 38.2. The molecule has 6 nitrogen and oxygen atoms in total. The number of rotatable bonds is 7. The van der Waals surface area contributed by atoms with E-state index in [1.54, 1.807) is 62.4 Å². The van der Waals surface area contributed by atoms with E-state index in [1.807, 2.05) is 6.07 Å². The molecule has 0 unspecified atom stereocenters. The van der Waals surface area contributed by atoms with E-state index in [0.717, 1.165) is 0 Å². The summed E-state index contributed by atoms with van der Waals surface area (Å²) in [5.41, 5.74) is 1.14. The fraction of sp³-hybridized carbons (Fsp3) is 0.250. The molecule has 6 heteroatoms. The van der Waals surface area contributed by atoms with E-state index in [2.05, 4.69) is 0 Å². The molecule has 2 aromatic rings. The van der Waals surface area contributed by atoms with Crippen molar-refractivity contribution in [3.05, 3.63) is 60.2 Å². The van der Waals surface area contributed by atoms with Crippen LogP contribution in [0.4, 0.5) is 11.4 Å². The van der Waals surface area contributed by atoms with Crippen molar-refractivity contribution >= 4 is 29.2 Å². The Hall–Kier alpha value is -3.15. The summed E-state index contributed by atoms with van der Waals surface area (Å²) in [5, 5.41) is 0. The van der Waals surface area contributed by atoms with Crippen molar-refractivity contribution in [1.29, 1.82) is 0 Å². The standard InChI is InChI=1S/C20H21NO5/c1-3-25-19(23)14-18(22)21(15-10-6-5-7-11-15)17-13-9-8-12-16(17)20(24)26-4-2/h5-13H,3-4,14H2,1-2H3. The first kappa shape index (κ1) is 19.2. The van der Waals surface area contributed by atoms with Gasteiger partial charge in [-0.3, -0.25) is 14.5 Å². The van der Waals surface area contributed by atoms with E-state index in [0.29, 0.717) is 11.4 Å². The first-order chi connectivity index (χ1) is 12.6. The van der Waals surface area contributed by atoms with Gasteiger partial charge >= 0.3 is 11.9 Å². The third-order valence-corrected chi connectivity index (χ3v) is 3.50. The summed E-state index contributed by atoms with van der Waals surface area (Å²) in [7, 11) is 0. The summed E-state index contributed by atoms with van der Waals surface area (Å²) < 4.78 is 9.96. The minimum atomic E-state index is -0.618. The molecule has 0 aliphatic carbocycles. The van der Waals surface area contributed by atoms with E-state index in [9.17, 15) is 14.4 Å². The topological polar surface area (TPSA) is 72.9 Å². The van der Waals surface area contributed by atoms with Crippen LogP contribution in [-0.4, -0.2) is 31.1 Å². The molecule has 2 rings (SSSR count). The maximum Gasteiger partial charge on any atom is 0.340 e. The van der Waals surface area contributed by atoms with Crippen LogP contribution in [0.15, 0.2) is 54.6 Å². The first-order valence-electron chi connectivity index (χ1n) is 8.38. The van der Waals surface area contributed by atoms with Gasteiger partial charge in [-0.1, -0.05) is 30.3 Å². The van der Waals surface area contributed by atoms with Crippen LogP contribution in [0.2, 0.25) is 0 Å². The molecule has 2 aromatic carbocycles. The lowest BCUT2D eigenvalue weighted by Crippen LogP contribution is -2.30. The van der Waals surface area contributed by atoms with Crippen molar-refractivity contribution in [3.63, 3.8) is 0 Å². The zero-order valence-electron chi connectivity index (χ0n) is 14.8. The van der Waals surface area contributed by atoms with Gasteiger partial charge in [0, 0.05) is 5.69 Å². The third-order valence-electron chi connectivity index (χ3n) is 3.50. The molecular weight excluding hydrogens is 334 g/mol. The summed E-state index contributed by atoms with van der Waals surface area (Å²) in [5.74, 6) is -1.65. The zero-order chi connectivity index (χ0) is 18.9. The highest BCUT2D eigenvalue weighted by atomic mass is 16.5. The monoisotopic (exact) mass is 355 g/mol. The van der Waals surface area contributed by atoms with Crippen molar-refractivity contribution in [1.82, 2.24) is 0 Å². The highest BCUT2D eigenvalue weighted by Crippen LogP contribution is 2.30. The molecular formula is C20H21NO5.